The van der Waals surface area contributed by atoms with Crippen LogP contribution in [0.3, 0.4) is 0 Å². The molecule has 1 aromatic heterocycles. The fraction of sp³-hybridized carbons (Fsp3) is 0.357. The molecule has 2 aromatic rings. The normalized spacial score (nSPS) is 11.9. The molecule has 1 atom stereocenters. The van der Waals surface area contributed by atoms with Gasteiger partial charge in [-0.2, -0.15) is 0 Å². The second-order valence-electron chi connectivity index (χ2n) is 4.47. The van der Waals surface area contributed by atoms with Crippen molar-refractivity contribution >= 4 is 11.7 Å². The van der Waals surface area contributed by atoms with Crippen LogP contribution in [0.15, 0.2) is 28.9 Å². The standard InChI is InChI=1S/C14H17N3O3/c1-4-11(19-12-8-6-5-7-9(12)2)14(18)15-13-10(3)16-20-17-13/h5-8,11H,4H2,1-3H3,(H,15,17,18)/t11-/m0/s1. The Balaban J connectivity index is 2.07. The number of benzene rings is 1. The van der Waals surface area contributed by atoms with Gasteiger partial charge in [-0.1, -0.05) is 30.3 Å². The molecule has 2 rings (SSSR count). The lowest BCUT2D eigenvalue weighted by molar-refractivity contribution is -0.122. The Morgan fingerprint density at radius 2 is 2.10 bits per heavy atom. The fourth-order valence-corrected chi connectivity index (χ4v) is 1.71. The number of aromatic nitrogens is 2. The smallest absolute Gasteiger partial charge is 0.266 e. The molecule has 0 saturated heterocycles. The Morgan fingerprint density at radius 3 is 2.70 bits per heavy atom. The van der Waals surface area contributed by atoms with Crippen LogP contribution in [0.1, 0.15) is 24.6 Å². The molecule has 1 aromatic carbocycles. The van der Waals surface area contributed by atoms with E-state index >= 15 is 0 Å². The first-order valence-corrected chi connectivity index (χ1v) is 6.44. The molecular weight excluding hydrogens is 258 g/mol. The van der Waals surface area contributed by atoms with Crippen LogP contribution in [0, 0.1) is 13.8 Å². The predicted molar refractivity (Wildman–Crippen MR) is 73.6 cm³/mol. The molecule has 0 spiro atoms. The fourth-order valence-electron chi connectivity index (χ4n) is 1.71. The van der Waals surface area contributed by atoms with Gasteiger partial charge < -0.3 is 10.1 Å². The molecule has 0 bridgehead atoms. The summed E-state index contributed by atoms with van der Waals surface area (Å²) in [6.07, 6.45) is -0.0444. The molecule has 0 aliphatic rings. The molecule has 0 fully saturated rings. The molecule has 6 heteroatoms. The number of hydrogen-bond donors (Lipinski definition) is 1. The topological polar surface area (TPSA) is 77.2 Å². The van der Waals surface area contributed by atoms with E-state index in [2.05, 4.69) is 20.3 Å². The number of hydrogen-bond acceptors (Lipinski definition) is 5. The SMILES string of the molecule is CC[C@H](Oc1ccccc1C)C(=O)Nc1nonc1C. The minimum atomic E-state index is -0.591. The van der Waals surface area contributed by atoms with Gasteiger partial charge in [0.2, 0.25) is 0 Å². The van der Waals surface area contributed by atoms with Gasteiger partial charge in [-0.15, -0.1) is 0 Å². The second-order valence-corrected chi connectivity index (χ2v) is 4.47. The molecule has 106 valence electrons. The first-order valence-electron chi connectivity index (χ1n) is 6.44. The average Bonchev–Trinajstić information content (AvgIpc) is 2.83. The molecule has 0 unspecified atom stereocenters. The Hall–Kier alpha value is -2.37. The molecular formula is C14H17N3O3. The summed E-state index contributed by atoms with van der Waals surface area (Å²) in [6.45, 7) is 5.53. The van der Waals surface area contributed by atoms with E-state index in [1.165, 1.54) is 0 Å². The summed E-state index contributed by atoms with van der Waals surface area (Å²) in [5.41, 5.74) is 1.52. The van der Waals surface area contributed by atoms with Gasteiger partial charge in [0.15, 0.2) is 11.9 Å². The number of amides is 1. The summed E-state index contributed by atoms with van der Waals surface area (Å²) in [7, 11) is 0. The number of nitrogens with zero attached hydrogens (tertiary/aromatic N) is 2. The van der Waals surface area contributed by atoms with Gasteiger partial charge in [-0.05, 0) is 37.1 Å². The lowest BCUT2D eigenvalue weighted by atomic mass is 10.2. The lowest BCUT2D eigenvalue weighted by Crippen LogP contribution is -2.32. The largest absolute Gasteiger partial charge is 0.480 e. The van der Waals surface area contributed by atoms with Gasteiger partial charge in [0.1, 0.15) is 11.4 Å². The van der Waals surface area contributed by atoms with Crippen LogP contribution in [0.5, 0.6) is 5.75 Å². The van der Waals surface area contributed by atoms with Gasteiger partial charge in [-0.25, -0.2) is 4.63 Å². The van der Waals surface area contributed by atoms with E-state index in [-0.39, 0.29) is 5.91 Å². The minimum absolute atomic E-state index is 0.269. The van der Waals surface area contributed by atoms with Crippen molar-refractivity contribution in [3.63, 3.8) is 0 Å². The van der Waals surface area contributed by atoms with Crippen LogP contribution in [-0.2, 0) is 4.79 Å². The van der Waals surface area contributed by atoms with Crippen molar-refractivity contribution in [3.8, 4) is 5.75 Å². The monoisotopic (exact) mass is 275 g/mol. The molecule has 0 radical (unpaired) electrons. The molecule has 0 aliphatic heterocycles. The predicted octanol–water partition coefficient (Wildman–Crippen LogP) is 2.48. The third-order valence-electron chi connectivity index (χ3n) is 2.92. The van der Waals surface area contributed by atoms with Crippen molar-refractivity contribution in [2.24, 2.45) is 0 Å². The van der Waals surface area contributed by atoms with Gasteiger partial charge >= 0.3 is 0 Å². The minimum Gasteiger partial charge on any atom is -0.480 e. The quantitative estimate of drug-likeness (QED) is 0.907. The zero-order chi connectivity index (χ0) is 14.5. The maximum atomic E-state index is 12.2. The Morgan fingerprint density at radius 1 is 1.35 bits per heavy atom. The van der Waals surface area contributed by atoms with Gasteiger partial charge in [-0.3, -0.25) is 4.79 Å². The summed E-state index contributed by atoms with van der Waals surface area (Å²) < 4.78 is 10.3. The summed E-state index contributed by atoms with van der Waals surface area (Å²) in [5.74, 6) is 0.751. The Kier molecular flexibility index (Phi) is 4.34. The van der Waals surface area contributed by atoms with E-state index in [0.717, 1.165) is 5.56 Å². The molecule has 20 heavy (non-hydrogen) atoms. The number of anilines is 1. The first kappa shape index (κ1) is 14.0. The first-order chi connectivity index (χ1) is 9.61. The van der Waals surface area contributed by atoms with Crippen molar-refractivity contribution in [1.29, 1.82) is 0 Å². The van der Waals surface area contributed by atoms with E-state index < -0.39 is 6.10 Å². The van der Waals surface area contributed by atoms with E-state index in [1.807, 2.05) is 38.1 Å². The molecule has 0 aliphatic carbocycles. The number of ether oxygens (including phenoxy) is 1. The zero-order valence-electron chi connectivity index (χ0n) is 11.7. The highest BCUT2D eigenvalue weighted by molar-refractivity contribution is 5.93. The van der Waals surface area contributed by atoms with Crippen LogP contribution >= 0.6 is 0 Å². The third-order valence-corrected chi connectivity index (χ3v) is 2.92. The van der Waals surface area contributed by atoms with Crippen LogP contribution in [0.2, 0.25) is 0 Å². The van der Waals surface area contributed by atoms with Crippen LogP contribution in [0.4, 0.5) is 5.82 Å². The van der Waals surface area contributed by atoms with Crippen LogP contribution in [-0.4, -0.2) is 22.3 Å². The molecule has 1 heterocycles. The number of para-hydroxylation sites is 1. The van der Waals surface area contributed by atoms with Crippen molar-refractivity contribution in [3.05, 3.63) is 35.5 Å². The van der Waals surface area contributed by atoms with Gasteiger partial charge in [0.05, 0.1) is 0 Å². The van der Waals surface area contributed by atoms with Crippen molar-refractivity contribution in [2.75, 3.05) is 5.32 Å². The van der Waals surface area contributed by atoms with E-state index in [0.29, 0.717) is 23.7 Å². The highest BCUT2D eigenvalue weighted by Crippen LogP contribution is 2.19. The Bertz CT molecular complexity index is 595. The molecule has 1 amide bonds. The number of carbonyl (C=O) groups excluding carboxylic acids is 1. The molecule has 6 nitrogen and oxygen atoms in total. The number of nitrogens with one attached hydrogen (secondary N) is 1. The summed E-state index contributed by atoms with van der Waals surface area (Å²) in [5, 5.41) is 9.88. The maximum Gasteiger partial charge on any atom is 0.266 e. The highest BCUT2D eigenvalue weighted by Gasteiger charge is 2.21. The second kappa shape index (κ2) is 6.18. The zero-order valence-corrected chi connectivity index (χ0v) is 11.7. The van der Waals surface area contributed by atoms with Crippen molar-refractivity contribution < 1.29 is 14.2 Å². The van der Waals surface area contributed by atoms with Crippen LogP contribution < -0.4 is 10.1 Å². The van der Waals surface area contributed by atoms with E-state index in [4.69, 9.17) is 4.74 Å². The lowest BCUT2D eigenvalue weighted by Gasteiger charge is -2.17. The highest BCUT2D eigenvalue weighted by atomic mass is 16.6. The summed E-state index contributed by atoms with van der Waals surface area (Å²) >= 11 is 0. The van der Waals surface area contributed by atoms with Gasteiger partial charge in [0.25, 0.3) is 5.91 Å². The molecule has 0 saturated carbocycles. The summed E-state index contributed by atoms with van der Waals surface area (Å²) in [4.78, 5) is 12.2. The van der Waals surface area contributed by atoms with E-state index in [9.17, 15) is 4.79 Å². The number of carbonyl (C=O) groups is 1. The average molecular weight is 275 g/mol. The van der Waals surface area contributed by atoms with E-state index in [1.54, 1.807) is 6.92 Å². The summed E-state index contributed by atoms with van der Waals surface area (Å²) in [6, 6.07) is 7.58. The Labute approximate surface area is 117 Å². The van der Waals surface area contributed by atoms with Gasteiger partial charge in [0, 0.05) is 0 Å². The molecule has 1 N–H and O–H groups in total. The number of aryl methyl sites for hydroxylation is 2. The third kappa shape index (κ3) is 3.14. The van der Waals surface area contributed by atoms with Crippen molar-refractivity contribution in [1.82, 2.24) is 10.3 Å². The maximum absolute atomic E-state index is 12.2. The number of rotatable bonds is 5. The van der Waals surface area contributed by atoms with Crippen molar-refractivity contribution in [2.45, 2.75) is 33.3 Å². The van der Waals surface area contributed by atoms with Crippen LogP contribution in [0.25, 0.3) is 0 Å².